The molecule has 0 aromatic heterocycles. The Hall–Kier alpha value is -1.21. The molecule has 6 heteroatoms. The van der Waals surface area contributed by atoms with Gasteiger partial charge >= 0.3 is 5.97 Å². The van der Waals surface area contributed by atoms with Gasteiger partial charge in [-0.1, -0.05) is 50.5 Å². The van der Waals surface area contributed by atoms with Gasteiger partial charge in [-0.2, -0.15) is 0 Å². The van der Waals surface area contributed by atoms with Crippen LogP contribution in [0.3, 0.4) is 0 Å². The molecule has 0 aromatic carbocycles. The molecule has 2 fully saturated rings. The second-order valence-electron chi connectivity index (χ2n) is 9.14. The van der Waals surface area contributed by atoms with Crippen LogP contribution in [0, 0.1) is 11.8 Å². The molecule has 1 unspecified atom stereocenters. The van der Waals surface area contributed by atoms with E-state index in [0.29, 0.717) is 19.3 Å². The van der Waals surface area contributed by atoms with Crippen molar-refractivity contribution >= 4 is 5.97 Å². The molecule has 6 nitrogen and oxygen atoms in total. The highest BCUT2D eigenvalue weighted by molar-refractivity contribution is 5.69. The van der Waals surface area contributed by atoms with Crippen molar-refractivity contribution in [3.05, 3.63) is 24.3 Å². The first-order chi connectivity index (χ1) is 15.5. The van der Waals surface area contributed by atoms with Gasteiger partial charge in [-0.05, 0) is 50.9 Å². The number of aliphatic hydroxyl groups is 2. The minimum absolute atomic E-state index is 0.0136. The van der Waals surface area contributed by atoms with Gasteiger partial charge in [0.1, 0.15) is 0 Å². The largest absolute Gasteiger partial charge is 0.469 e. The van der Waals surface area contributed by atoms with E-state index < -0.39 is 12.2 Å². The van der Waals surface area contributed by atoms with E-state index in [9.17, 15) is 15.0 Å². The SMILES string of the molecule is CCCCC[C@@H](/C=C/[C@@H]1[C@@H](C/C=C\CCCC(=O)OC)[C@@H](O)C[C@H]1O)OC1CCCCO1. The number of methoxy groups -OCH3 is 1. The summed E-state index contributed by atoms with van der Waals surface area (Å²) < 4.78 is 16.7. The number of hydrogen-bond acceptors (Lipinski definition) is 6. The summed E-state index contributed by atoms with van der Waals surface area (Å²) in [5, 5.41) is 21.1. The molecule has 1 saturated heterocycles. The molecule has 1 aliphatic heterocycles. The molecule has 0 bridgehead atoms. The predicted molar refractivity (Wildman–Crippen MR) is 125 cm³/mol. The van der Waals surface area contributed by atoms with Crippen LogP contribution in [0.2, 0.25) is 0 Å². The fourth-order valence-electron chi connectivity index (χ4n) is 4.61. The van der Waals surface area contributed by atoms with Gasteiger partial charge in [-0.3, -0.25) is 4.79 Å². The maximum absolute atomic E-state index is 11.2. The third-order valence-corrected chi connectivity index (χ3v) is 6.57. The van der Waals surface area contributed by atoms with E-state index in [1.54, 1.807) is 0 Å². The third-order valence-electron chi connectivity index (χ3n) is 6.57. The summed E-state index contributed by atoms with van der Waals surface area (Å²) in [6.45, 7) is 2.96. The van der Waals surface area contributed by atoms with Gasteiger partial charge in [0.05, 0.1) is 25.4 Å². The molecule has 0 amide bonds. The number of unbranched alkanes of at least 4 members (excludes halogenated alkanes) is 3. The van der Waals surface area contributed by atoms with E-state index in [1.165, 1.54) is 13.5 Å². The summed E-state index contributed by atoms with van der Waals surface area (Å²) in [5.41, 5.74) is 0. The lowest BCUT2D eigenvalue weighted by Gasteiger charge is -2.27. The fraction of sp³-hybridized carbons (Fsp3) is 0.808. The smallest absolute Gasteiger partial charge is 0.305 e. The normalized spacial score (nSPS) is 29.7. The average Bonchev–Trinajstić information content (AvgIpc) is 3.06. The lowest BCUT2D eigenvalue weighted by atomic mass is 9.89. The maximum atomic E-state index is 11.2. The molecular weight excluding hydrogens is 408 g/mol. The minimum Gasteiger partial charge on any atom is -0.469 e. The van der Waals surface area contributed by atoms with Crippen LogP contribution >= 0.6 is 0 Å². The summed E-state index contributed by atoms with van der Waals surface area (Å²) in [6, 6.07) is 0. The van der Waals surface area contributed by atoms with Gasteiger partial charge in [0, 0.05) is 25.4 Å². The Labute approximate surface area is 194 Å². The van der Waals surface area contributed by atoms with Crippen LogP contribution in [0.5, 0.6) is 0 Å². The molecule has 184 valence electrons. The standard InChI is InChI=1S/C26H44O6/c1-3-4-7-12-20(32-26-15-10-11-18-31-26)16-17-22-21(23(27)19-24(22)28)13-8-5-6-9-14-25(29)30-2/h5,8,16-17,20-24,26-28H,3-4,6-7,9-15,18-19H2,1-2H3/b8-5-,17-16+/t20-,21+,22+,23-,24+,26?/m0/s1. The van der Waals surface area contributed by atoms with Crippen LogP contribution in [-0.4, -0.2) is 54.5 Å². The Morgan fingerprint density at radius 2 is 2.00 bits per heavy atom. The highest BCUT2D eigenvalue weighted by Gasteiger charge is 2.39. The van der Waals surface area contributed by atoms with Crippen LogP contribution in [0.4, 0.5) is 0 Å². The first-order valence-electron chi connectivity index (χ1n) is 12.6. The van der Waals surface area contributed by atoms with E-state index in [1.807, 2.05) is 0 Å². The number of carbonyl (C=O) groups is 1. The zero-order valence-electron chi connectivity index (χ0n) is 20.0. The molecular formula is C26H44O6. The number of rotatable bonds is 14. The molecule has 2 rings (SSSR count). The number of hydrogen-bond donors (Lipinski definition) is 2. The Morgan fingerprint density at radius 3 is 2.72 bits per heavy atom. The summed E-state index contributed by atoms with van der Waals surface area (Å²) >= 11 is 0. The molecule has 2 N–H and O–H groups in total. The number of carbonyl (C=O) groups excluding carboxylic acids is 1. The fourth-order valence-corrected chi connectivity index (χ4v) is 4.61. The van der Waals surface area contributed by atoms with Crippen LogP contribution < -0.4 is 0 Å². The molecule has 0 radical (unpaired) electrons. The number of ether oxygens (including phenoxy) is 3. The minimum atomic E-state index is -0.541. The second-order valence-corrected chi connectivity index (χ2v) is 9.14. The molecule has 0 spiro atoms. The molecule has 32 heavy (non-hydrogen) atoms. The van der Waals surface area contributed by atoms with Gasteiger partial charge < -0.3 is 24.4 Å². The van der Waals surface area contributed by atoms with Gasteiger partial charge in [0.25, 0.3) is 0 Å². The lowest BCUT2D eigenvalue weighted by molar-refractivity contribution is -0.179. The average molecular weight is 453 g/mol. The first kappa shape index (κ1) is 27.0. The summed E-state index contributed by atoms with van der Waals surface area (Å²) in [5.74, 6) is -0.290. The van der Waals surface area contributed by atoms with Gasteiger partial charge in [-0.25, -0.2) is 0 Å². The Balaban J connectivity index is 1.90. The molecule has 6 atom stereocenters. The summed E-state index contributed by atoms with van der Waals surface area (Å²) in [6.07, 6.45) is 17.7. The van der Waals surface area contributed by atoms with E-state index in [-0.39, 0.29) is 30.2 Å². The molecule has 2 aliphatic rings. The highest BCUT2D eigenvalue weighted by atomic mass is 16.7. The maximum Gasteiger partial charge on any atom is 0.305 e. The van der Waals surface area contributed by atoms with Crippen molar-refractivity contribution < 1.29 is 29.2 Å². The first-order valence-corrected chi connectivity index (χ1v) is 12.6. The topological polar surface area (TPSA) is 85.2 Å². The Bertz CT molecular complexity index is 569. The lowest BCUT2D eigenvalue weighted by Crippen LogP contribution is -2.27. The van der Waals surface area contributed by atoms with Gasteiger partial charge in [0.15, 0.2) is 6.29 Å². The molecule has 0 aromatic rings. The van der Waals surface area contributed by atoms with Gasteiger partial charge in [0.2, 0.25) is 0 Å². The summed E-state index contributed by atoms with van der Waals surface area (Å²) in [4.78, 5) is 11.2. The number of esters is 1. The van der Waals surface area contributed by atoms with Crippen molar-refractivity contribution in [2.24, 2.45) is 11.8 Å². The second kappa shape index (κ2) is 15.6. The van der Waals surface area contributed by atoms with E-state index >= 15 is 0 Å². The number of aliphatic hydroxyl groups excluding tert-OH is 2. The van der Waals surface area contributed by atoms with Crippen LogP contribution in [0.15, 0.2) is 24.3 Å². The van der Waals surface area contributed by atoms with Crippen molar-refractivity contribution in [1.82, 2.24) is 0 Å². The summed E-state index contributed by atoms with van der Waals surface area (Å²) in [7, 11) is 1.40. The van der Waals surface area contributed by atoms with Crippen molar-refractivity contribution in [1.29, 1.82) is 0 Å². The molecule has 1 aliphatic carbocycles. The van der Waals surface area contributed by atoms with E-state index in [2.05, 4.69) is 36.0 Å². The molecule has 1 heterocycles. The molecule has 1 saturated carbocycles. The van der Waals surface area contributed by atoms with Crippen molar-refractivity contribution in [3.8, 4) is 0 Å². The number of allylic oxidation sites excluding steroid dienone is 2. The van der Waals surface area contributed by atoms with Crippen molar-refractivity contribution in [3.63, 3.8) is 0 Å². The monoisotopic (exact) mass is 452 g/mol. The quantitative estimate of drug-likeness (QED) is 0.226. The van der Waals surface area contributed by atoms with Crippen LogP contribution in [0.25, 0.3) is 0 Å². The highest BCUT2D eigenvalue weighted by Crippen LogP contribution is 2.36. The third kappa shape index (κ3) is 9.74. The van der Waals surface area contributed by atoms with Gasteiger partial charge in [-0.15, -0.1) is 0 Å². The zero-order chi connectivity index (χ0) is 23.2. The van der Waals surface area contributed by atoms with Crippen LogP contribution in [0.1, 0.15) is 84.0 Å². The van der Waals surface area contributed by atoms with Crippen LogP contribution in [-0.2, 0) is 19.0 Å². The van der Waals surface area contributed by atoms with Crippen molar-refractivity contribution in [2.75, 3.05) is 13.7 Å². The van der Waals surface area contributed by atoms with Crippen molar-refractivity contribution in [2.45, 2.75) is 109 Å². The van der Waals surface area contributed by atoms with E-state index in [0.717, 1.165) is 58.0 Å². The van der Waals surface area contributed by atoms with E-state index in [4.69, 9.17) is 9.47 Å². The predicted octanol–water partition coefficient (Wildman–Crippen LogP) is 4.68. The zero-order valence-corrected chi connectivity index (χ0v) is 20.0. The Kier molecular flexibility index (Phi) is 13.2. The Morgan fingerprint density at radius 1 is 1.16 bits per heavy atom.